The van der Waals surface area contributed by atoms with E-state index in [1.807, 2.05) is 53.4 Å². The molecule has 4 heteroatoms. The highest BCUT2D eigenvalue weighted by molar-refractivity contribution is 5.77. The highest BCUT2D eigenvalue weighted by atomic mass is 16.6. The minimum atomic E-state index is -0.211. The summed E-state index contributed by atoms with van der Waals surface area (Å²) in [6.45, 7) is 0.318. The third-order valence-electron chi connectivity index (χ3n) is 5.26. The average Bonchev–Trinajstić information content (AvgIpc) is 2.96. The Morgan fingerprint density at radius 1 is 1.08 bits per heavy atom. The molecule has 0 saturated carbocycles. The van der Waals surface area contributed by atoms with Crippen molar-refractivity contribution >= 4 is 11.7 Å². The van der Waals surface area contributed by atoms with Gasteiger partial charge in [0.15, 0.2) is 0 Å². The van der Waals surface area contributed by atoms with Crippen LogP contribution in [0.15, 0.2) is 60.7 Å². The van der Waals surface area contributed by atoms with E-state index in [-0.39, 0.29) is 18.2 Å². The van der Waals surface area contributed by atoms with Crippen LogP contribution in [-0.4, -0.2) is 30.2 Å². The highest BCUT2D eigenvalue weighted by Gasteiger charge is 2.40. The third kappa shape index (κ3) is 3.19. The maximum Gasteiger partial charge on any atom is 0.410 e. The summed E-state index contributed by atoms with van der Waals surface area (Å²) < 4.78 is 11.1. The van der Waals surface area contributed by atoms with Crippen LogP contribution >= 0.6 is 0 Å². The van der Waals surface area contributed by atoms with E-state index >= 15 is 0 Å². The maximum absolute atomic E-state index is 12.6. The lowest BCUT2D eigenvalue weighted by molar-refractivity contribution is 0.0832. The second-order valence-corrected chi connectivity index (χ2v) is 6.84. The number of nitrogens with zero attached hydrogens (tertiary/aromatic N) is 1. The van der Waals surface area contributed by atoms with Crippen molar-refractivity contribution in [3.63, 3.8) is 0 Å². The first-order chi connectivity index (χ1) is 12.8. The molecule has 0 aromatic heterocycles. The molecule has 2 aliphatic heterocycles. The van der Waals surface area contributed by atoms with Crippen LogP contribution in [0.5, 0.6) is 5.75 Å². The first-order valence-corrected chi connectivity index (χ1v) is 9.09. The molecule has 2 aromatic rings. The van der Waals surface area contributed by atoms with E-state index in [1.54, 1.807) is 7.11 Å². The molecule has 1 saturated heterocycles. The number of hydrogen-bond donors (Lipinski definition) is 0. The summed E-state index contributed by atoms with van der Waals surface area (Å²) in [6, 6.07) is 18.2. The molecule has 26 heavy (non-hydrogen) atoms. The molecule has 2 bridgehead atoms. The summed E-state index contributed by atoms with van der Waals surface area (Å²) >= 11 is 0. The molecule has 2 heterocycles. The van der Waals surface area contributed by atoms with Gasteiger partial charge in [-0.3, -0.25) is 4.90 Å². The maximum atomic E-state index is 12.6. The average molecular weight is 349 g/mol. The summed E-state index contributed by atoms with van der Waals surface area (Å²) in [6.07, 6.45) is 4.85. The fourth-order valence-corrected chi connectivity index (χ4v) is 4.02. The standard InChI is InChI=1S/C22H23NO3/c1-25-21-10-6-5-9-20(21)17-13-18-11-12-19(14-17)23(18)22(24)26-15-16-7-3-2-4-8-16/h2-10,13,18-19H,11-12,14-15H2,1H3. The van der Waals surface area contributed by atoms with Gasteiger partial charge in [-0.1, -0.05) is 54.6 Å². The Kier molecular flexibility index (Phi) is 4.65. The van der Waals surface area contributed by atoms with E-state index in [4.69, 9.17) is 9.47 Å². The number of amides is 1. The highest BCUT2D eigenvalue weighted by Crippen LogP contribution is 2.41. The topological polar surface area (TPSA) is 38.8 Å². The summed E-state index contributed by atoms with van der Waals surface area (Å²) in [5, 5.41) is 0. The van der Waals surface area contributed by atoms with Crippen LogP contribution in [0.2, 0.25) is 0 Å². The Morgan fingerprint density at radius 3 is 2.62 bits per heavy atom. The molecule has 0 N–H and O–H groups in total. The van der Waals surface area contributed by atoms with Gasteiger partial charge in [0.25, 0.3) is 0 Å². The predicted molar refractivity (Wildman–Crippen MR) is 101 cm³/mol. The van der Waals surface area contributed by atoms with Gasteiger partial charge in [0.2, 0.25) is 0 Å². The first kappa shape index (κ1) is 16.7. The van der Waals surface area contributed by atoms with Gasteiger partial charge in [-0.25, -0.2) is 4.79 Å². The Balaban J connectivity index is 1.49. The third-order valence-corrected chi connectivity index (χ3v) is 5.26. The molecule has 134 valence electrons. The van der Waals surface area contributed by atoms with Crippen molar-refractivity contribution in [2.75, 3.05) is 7.11 Å². The van der Waals surface area contributed by atoms with Gasteiger partial charge in [-0.15, -0.1) is 0 Å². The Bertz CT molecular complexity index is 815. The monoisotopic (exact) mass is 349 g/mol. The van der Waals surface area contributed by atoms with Crippen molar-refractivity contribution in [3.05, 3.63) is 71.8 Å². The molecule has 4 nitrogen and oxygen atoms in total. The zero-order valence-electron chi connectivity index (χ0n) is 14.9. The zero-order chi connectivity index (χ0) is 17.9. The van der Waals surface area contributed by atoms with E-state index < -0.39 is 0 Å². The van der Waals surface area contributed by atoms with Crippen molar-refractivity contribution in [2.45, 2.75) is 38.0 Å². The number of rotatable bonds is 4. The fourth-order valence-electron chi connectivity index (χ4n) is 4.02. The van der Waals surface area contributed by atoms with Crippen LogP contribution < -0.4 is 4.74 Å². The molecular formula is C22H23NO3. The number of ether oxygens (including phenoxy) is 2. The van der Waals surface area contributed by atoms with Gasteiger partial charge in [0, 0.05) is 11.6 Å². The summed E-state index contributed by atoms with van der Waals surface area (Å²) in [4.78, 5) is 14.6. The fraction of sp³-hybridized carbons (Fsp3) is 0.318. The van der Waals surface area contributed by atoms with Gasteiger partial charge in [0.05, 0.1) is 13.2 Å². The van der Waals surface area contributed by atoms with E-state index in [2.05, 4.69) is 12.1 Å². The van der Waals surface area contributed by atoms with E-state index in [0.29, 0.717) is 6.61 Å². The van der Waals surface area contributed by atoms with Gasteiger partial charge in [-0.05, 0) is 36.5 Å². The van der Waals surface area contributed by atoms with Crippen molar-refractivity contribution < 1.29 is 14.3 Å². The molecule has 1 amide bonds. The Morgan fingerprint density at radius 2 is 1.85 bits per heavy atom. The van der Waals surface area contributed by atoms with Crippen LogP contribution in [0.25, 0.3) is 5.57 Å². The minimum Gasteiger partial charge on any atom is -0.496 e. The first-order valence-electron chi connectivity index (χ1n) is 9.09. The molecule has 2 aliphatic rings. The van der Waals surface area contributed by atoms with Crippen LogP contribution in [0.3, 0.4) is 0 Å². The molecule has 1 fully saturated rings. The summed E-state index contributed by atoms with van der Waals surface area (Å²) in [5.74, 6) is 0.887. The molecule has 2 unspecified atom stereocenters. The van der Waals surface area contributed by atoms with Crippen molar-refractivity contribution in [1.29, 1.82) is 0 Å². The number of methoxy groups -OCH3 is 1. The molecule has 0 spiro atoms. The Labute approximate surface area is 154 Å². The molecule has 2 aromatic carbocycles. The van der Waals surface area contributed by atoms with E-state index in [0.717, 1.165) is 36.1 Å². The normalized spacial score (nSPS) is 21.3. The van der Waals surface area contributed by atoms with Crippen LogP contribution in [-0.2, 0) is 11.3 Å². The largest absolute Gasteiger partial charge is 0.496 e. The quantitative estimate of drug-likeness (QED) is 0.806. The SMILES string of the molecule is COc1ccccc1C1=CC2CCC(C1)N2C(=O)OCc1ccccc1. The smallest absolute Gasteiger partial charge is 0.410 e. The number of hydrogen-bond acceptors (Lipinski definition) is 3. The minimum absolute atomic E-state index is 0.108. The van der Waals surface area contributed by atoms with Crippen molar-refractivity contribution in [2.24, 2.45) is 0 Å². The number of para-hydroxylation sites is 1. The zero-order valence-corrected chi connectivity index (χ0v) is 14.9. The second kappa shape index (κ2) is 7.24. The number of fused-ring (bicyclic) bond motifs is 2. The van der Waals surface area contributed by atoms with Crippen molar-refractivity contribution in [3.8, 4) is 5.75 Å². The lowest BCUT2D eigenvalue weighted by Gasteiger charge is -2.33. The van der Waals surface area contributed by atoms with Crippen LogP contribution in [0, 0.1) is 0 Å². The number of carbonyl (C=O) groups excluding carboxylic acids is 1. The van der Waals surface area contributed by atoms with Gasteiger partial charge in [0.1, 0.15) is 12.4 Å². The van der Waals surface area contributed by atoms with E-state index in [9.17, 15) is 4.79 Å². The molecule has 0 radical (unpaired) electrons. The van der Waals surface area contributed by atoms with Crippen LogP contribution in [0.1, 0.15) is 30.4 Å². The lowest BCUT2D eigenvalue weighted by atomic mass is 9.94. The van der Waals surface area contributed by atoms with Gasteiger partial charge in [-0.2, -0.15) is 0 Å². The predicted octanol–water partition coefficient (Wildman–Crippen LogP) is 4.65. The number of carbonyl (C=O) groups is 1. The van der Waals surface area contributed by atoms with Gasteiger partial charge < -0.3 is 9.47 Å². The lowest BCUT2D eigenvalue weighted by Crippen LogP contribution is -2.43. The van der Waals surface area contributed by atoms with Crippen LogP contribution in [0.4, 0.5) is 4.79 Å². The van der Waals surface area contributed by atoms with Crippen molar-refractivity contribution in [1.82, 2.24) is 4.90 Å². The van der Waals surface area contributed by atoms with Gasteiger partial charge >= 0.3 is 6.09 Å². The molecule has 4 rings (SSSR count). The number of benzene rings is 2. The Hall–Kier alpha value is -2.75. The molecule has 0 aliphatic carbocycles. The molecular weight excluding hydrogens is 326 g/mol. The summed E-state index contributed by atoms with van der Waals surface area (Å²) in [5.41, 5.74) is 3.40. The molecule has 2 atom stereocenters. The second-order valence-electron chi connectivity index (χ2n) is 6.84. The van der Waals surface area contributed by atoms with E-state index in [1.165, 1.54) is 5.57 Å². The summed E-state index contributed by atoms with van der Waals surface area (Å²) in [7, 11) is 1.70.